The zero-order valence-electron chi connectivity index (χ0n) is 17.9. The molecule has 0 saturated carbocycles. The summed E-state index contributed by atoms with van der Waals surface area (Å²) in [5.74, 6) is 0.503. The molecule has 2 aromatic heterocycles. The number of ether oxygens (including phenoxy) is 1. The third kappa shape index (κ3) is 3.88. The monoisotopic (exact) mass is 412 g/mol. The maximum atomic E-state index is 12.3. The van der Waals surface area contributed by atoms with Crippen LogP contribution in [0.4, 0.5) is 4.79 Å². The average Bonchev–Trinajstić information content (AvgIpc) is 3.25. The van der Waals surface area contributed by atoms with Gasteiger partial charge in [-0.1, -0.05) is 0 Å². The highest BCUT2D eigenvalue weighted by Crippen LogP contribution is 2.33. The number of aryl methyl sites for hydroxylation is 2. The molecule has 0 spiro atoms. The largest absolute Gasteiger partial charge is 0.444 e. The highest BCUT2D eigenvalue weighted by atomic mass is 16.6. The number of carbonyl (C=O) groups is 2. The van der Waals surface area contributed by atoms with Crippen LogP contribution in [0.15, 0.2) is 6.20 Å². The van der Waals surface area contributed by atoms with Gasteiger partial charge in [-0.15, -0.1) is 0 Å². The van der Waals surface area contributed by atoms with E-state index in [1.54, 1.807) is 16.6 Å². The molecule has 2 aliphatic rings. The van der Waals surface area contributed by atoms with Crippen LogP contribution in [-0.4, -0.2) is 55.3 Å². The third-order valence-electron chi connectivity index (χ3n) is 5.57. The van der Waals surface area contributed by atoms with E-state index in [1.807, 2.05) is 27.0 Å². The van der Waals surface area contributed by atoms with E-state index in [0.717, 1.165) is 41.2 Å². The summed E-state index contributed by atoms with van der Waals surface area (Å²) >= 11 is 0. The van der Waals surface area contributed by atoms with Crippen molar-refractivity contribution in [3.05, 3.63) is 28.8 Å². The maximum Gasteiger partial charge on any atom is 0.410 e. The number of primary amides is 1. The number of nitrogens with zero attached hydrogens (tertiary/aromatic N) is 5. The predicted octanol–water partition coefficient (Wildman–Crippen LogP) is 1.87. The summed E-state index contributed by atoms with van der Waals surface area (Å²) in [5, 5.41) is 4.31. The van der Waals surface area contributed by atoms with E-state index in [-0.39, 0.29) is 12.0 Å². The summed E-state index contributed by atoms with van der Waals surface area (Å²) in [7, 11) is 1.80. The van der Waals surface area contributed by atoms with Gasteiger partial charge in [0.15, 0.2) is 5.69 Å². The molecule has 1 saturated heterocycles. The van der Waals surface area contributed by atoms with Crippen molar-refractivity contribution in [1.29, 1.82) is 0 Å². The summed E-state index contributed by atoms with van der Waals surface area (Å²) in [4.78, 5) is 35.2. The van der Waals surface area contributed by atoms with E-state index in [9.17, 15) is 9.59 Å². The molecular formula is C21H28N6O3. The van der Waals surface area contributed by atoms with E-state index in [0.29, 0.717) is 31.6 Å². The molecule has 1 atom stereocenters. The van der Waals surface area contributed by atoms with Crippen LogP contribution >= 0.6 is 0 Å². The zero-order valence-corrected chi connectivity index (χ0v) is 17.9. The van der Waals surface area contributed by atoms with Gasteiger partial charge in [-0.2, -0.15) is 5.10 Å². The lowest BCUT2D eigenvalue weighted by molar-refractivity contribution is 0.0288. The summed E-state index contributed by atoms with van der Waals surface area (Å²) in [6.45, 7) is 6.93. The van der Waals surface area contributed by atoms with Crippen LogP contribution in [0.3, 0.4) is 0 Å². The Morgan fingerprint density at radius 3 is 2.77 bits per heavy atom. The topological polar surface area (TPSA) is 116 Å². The van der Waals surface area contributed by atoms with Gasteiger partial charge in [0.05, 0.1) is 11.4 Å². The van der Waals surface area contributed by atoms with Crippen LogP contribution in [0.2, 0.25) is 0 Å². The van der Waals surface area contributed by atoms with Gasteiger partial charge in [0, 0.05) is 38.3 Å². The standard InChI is InChI=1S/C21H28N6O3/c1-21(2,3)30-20(29)27-8-7-12(11-27)9-15-23-10-13-5-6-14-17(19(22)28)25-26(4)18(14)16(13)24-15/h10,12H,5-9,11H2,1-4H3,(H2,22,28). The van der Waals surface area contributed by atoms with Crippen molar-refractivity contribution >= 4 is 12.0 Å². The molecule has 0 bridgehead atoms. The molecule has 160 valence electrons. The minimum absolute atomic E-state index is 0.269. The smallest absolute Gasteiger partial charge is 0.410 e. The van der Waals surface area contributed by atoms with Gasteiger partial charge < -0.3 is 15.4 Å². The van der Waals surface area contributed by atoms with E-state index in [4.69, 9.17) is 15.5 Å². The van der Waals surface area contributed by atoms with E-state index in [2.05, 4.69) is 10.1 Å². The molecule has 0 aromatic carbocycles. The summed E-state index contributed by atoms with van der Waals surface area (Å²) in [6.07, 6.45) is 4.63. The minimum Gasteiger partial charge on any atom is -0.444 e. The number of carbonyl (C=O) groups excluding carboxylic acids is 2. The normalized spacial score (nSPS) is 18.1. The van der Waals surface area contributed by atoms with Crippen molar-refractivity contribution < 1.29 is 14.3 Å². The van der Waals surface area contributed by atoms with Crippen LogP contribution in [0.25, 0.3) is 11.4 Å². The summed E-state index contributed by atoms with van der Waals surface area (Å²) in [6, 6.07) is 0. The zero-order chi connectivity index (χ0) is 21.6. The first-order chi connectivity index (χ1) is 14.1. The molecular weight excluding hydrogens is 384 g/mol. The molecule has 0 radical (unpaired) electrons. The Bertz CT molecular complexity index is 1010. The molecule has 2 N–H and O–H groups in total. The van der Waals surface area contributed by atoms with Gasteiger partial charge in [-0.05, 0) is 51.5 Å². The predicted molar refractivity (Wildman–Crippen MR) is 110 cm³/mol. The molecule has 1 aliphatic carbocycles. The van der Waals surface area contributed by atoms with Gasteiger partial charge in [0.1, 0.15) is 11.4 Å². The number of aromatic nitrogens is 4. The van der Waals surface area contributed by atoms with E-state index >= 15 is 0 Å². The van der Waals surface area contributed by atoms with Crippen molar-refractivity contribution in [3.8, 4) is 11.4 Å². The average molecular weight is 412 g/mol. The van der Waals surface area contributed by atoms with Gasteiger partial charge in [0.25, 0.3) is 5.91 Å². The molecule has 1 unspecified atom stereocenters. The van der Waals surface area contributed by atoms with Crippen LogP contribution in [-0.2, 0) is 31.0 Å². The Labute approximate surface area is 175 Å². The first-order valence-electron chi connectivity index (χ1n) is 10.3. The minimum atomic E-state index is -0.516. The van der Waals surface area contributed by atoms with Gasteiger partial charge in [-0.25, -0.2) is 14.8 Å². The van der Waals surface area contributed by atoms with E-state index in [1.165, 1.54) is 0 Å². The quantitative estimate of drug-likeness (QED) is 0.823. The lowest BCUT2D eigenvalue weighted by atomic mass is 9.93. The fourth-order valence-electron chi connectivity index (χ4n) is 4.24. The van der Waals surface area contributed by atoms with Crippen LogP contribution < -0.4 is 5.73 Å². The van der Waals surface area contributed by atoms with E-state index < -0.39 is 11.5 Å². The molecule has 2 aromatic rings. The molecule has 1 fully saturated rings. The second-order valence-electron chi connectivity index (χ2n) is 9.11. The fraction of sp³-hybridized carbons (Fsp3) is 0.571. The van der Waals surface area contributed by atoms with Crippen molar-refractivity contribution in [2.75, 3.05) is 13.1 Å². The van der Waals surface area contributed by atoms with Crippen LogP contribution in [0.5, 0.6) is 0 Å². The molecule has 2 amide bonds. The summed E-state index contributed by atoms with van der Waals surface area (Å²) < 4.78 is 7.16. The first kappa shape index (κ1) is 20.3. The molecule has 9 heteroatoms. The lowest BCUT2D eigenvalue weighted by Gasteiger charge is -2.24. The highest BCUT2D eigenvalue weighted by Gasteiger charge is 2.31. The number of nitrogens with two attached hydrogens (primary N) is 1. The van der Waals surface area contributed by atoms with Gasteiger partial charge >= 0.3 is 6.09 Å². The molecule has 30 heavy (non-hydrogen) atoms. The Hall–Kier alpha value is -2.97. The Kier molecular flexibility index (Phi) is 4.99. The Morgan fingerprint density at radius 1 is 1.30 bits per heavy atom. The third-order valence-corrected chi connectivity index (χ3v) is 5.57. The Morgan fingerprint density at radius 2 is 2.07 bits per heavy atom. The summed E-state index contributed by atoms with van der Waals surface area (Å²) in [5.41, 5.74) is 8.89. The number of hydrogen-bond acceptors (Lipinski definition) is 6. The van der Waals surface area contributed by atoms with Gasteiger partial charge in [0.2, 0.25) is 0 Å². The molecule has 9 nitrogen and oxygen atoms in total. The maximum absolute atomic E-state index is 12.3. The second-order valence-corrected chi connectivity index (χ2v) is 9.11. The number of hydrogen-bond donors (Lipinski definition) is 1. The van der Waals surface area contributed by atoms with Crippen molar-refractivity contribution in [2.45, 2.75) is 52.1 Å². The molecule has 3 heterocycles. The second kappa shape index (κ2) is 7.37. The Balaban J connectivity index is 1.52. The fourth-order valence-corrected chi connectivity index (χ4v) is 4.24. The molecule has 1 aliphatic heterocycles. The number of amides is 2. The van der Waals surface area contributed by atoms with Crippen molar-refractivity contribution in [3.63, 3.8) is 0 Å². The van der Waals surface area contributed by atoms with Crippen LogP contribution in [0.1, 0.15) is 54.6 Å². The van der Waals surface area contributed by atoms with Crippen molar-refractivity contribution in [1.82, 2.24) is 24.6 Å². The van der Waals surface area contributed by atoms with Gasteiger partial charge in [-0.3, -0.25) is 9.48 Å². The number of fused-ring (bicyclic) bond motifs is 3. The highest BCUT2D eigenvalue weighted by molar-refractivity contribution is 5.94. The first-order valence-corrected chi connectivity index (χ1v) is 10.3. The lowest BCUT2D eigenvalue weighted by Crippen LogP contribution is -2.35. The number of likely N-dealkylation sites (tertiary alicyclic amines) is 1. The SMILES string of the molecule is Cn1nc(C(N)=O)c2c1-c1nc(CC3CCN(C(=O)OC(C)(C)C)C3)ncc1CC2. The molecule has 4 rings (SSSR count). The van der Waals surface area contributed by atoms with Crippen LogP contribution in [0, 0.1) is 5.92 Å². The number of rotatable bonds is 3. The van der Waals surface area contributed by atoms with Crippen molar-refractivity contribution in [2.24, 2.45) is 18.7 Å².